The van der Waals surface area contributed by atoms with Crippen molar-refractivity contribution in [2.75, 3.05) is 13.1 Å². The molecule has 0 saturated heterocycles. The van der Waals surface area contributed by atoms with E-state index in [9.17, 15) is 9.59 Å². The summed E-state index contributed by atoms with van der Waals surface area (Å²) in [5, 5.41) is 5.47. The molecule has 0 aliphatic carbocycles. The van der Waals surface area contributed by atoms with Crippen molar-refractivity contribution in [1.29, 1.82) is 0 Å². The summed E-state index contributed by atoms with van der Waals surface area (Å²) >= 11 is 0. The monoisotopic (exact) mass is 212 g/mol. The van der Waals surface area contributed by atoms with E-state index in [4.69, 9.17) is 0 Å². The molecule has 0 unspecified atom stereocenters. The molecule has 0 bridgehead atoms. The molecule has 0 rings (SSSR count). The second kappa shape index (κ2) is 8.03. The summed E-state index contributed by atoms with van der Waals surface area (Å²) in [5.74, 6) is -0.0568. The maximum atomic E-state index is 11.0. The van der Waals surface area contributed by atoms with E-state index in [1.165, 1.54) is 0 Å². The van der Waals surface area contributed by atoms with Gasteiger partial charge in [-0.25, -0.2) is 0 Å². The Morgan fingerprint density at radius 3 is 2.33 bits per heavy atom. The maximum Gasteiger partial charge on any atom is 0.246 e. The van der Waals surface area contributed by atoms with E-state index in [2.05, 4.69) is 17.2 Å². The van der Waals surface area contributed by atoms with Gasteiger partial charge in [0, 0.05) is 25.1 Å². The van der Waals surface area contributed by atoms with E-state index in [1.807, 2.05) is 6.92 Å². The molecule has 0 radical (unpaired) electrons. The third-order valence-electron chi connectivity index (χ3n) is 1.83. The van der Waals surface area contributed by atoms with Crippen LogP contribution in [-0.2, 0) is 9.59 Å². The zero-order valence-electron chi connectivity index (χ0n) is 9.56. The van der Waals surface area contributed by atoms with Gasteiger partial charge in [0.2, 0.25) is 11.8 Å². The van der Waals surface area contributed by atoms with Gasteiger partial charge in [-0.1, -0.05) is 13.5 Å². The number of hydrogen-bond acceptors (Lipinski definition) is 2. The molecule has 0 fully saturated rings. The average molecular weight is 212 g/mol. The summed E-state index contributed by atoms with van der Waals surface area (Å²) in [7, 11) is 0. The van der Waals surface area contributed by atoms with Gasteiger partial charge >= 0.3 is 0 Å². The molecule has 0 aromatic rings. The minimum Gasteiger partial charge on any atom is -0.356 e. The Hall–Kier alpha value is -1.32. The number of hydrogen-bond donors (Lipinski definition) is 2. The molecule has 0 atom stereocenters. The third kappa shape index (κ3) is 7.73. The third-order valence-corrected chi connectivity index (χ3v) is 1.83. The van der Waals surface area contributed by atoms with E-state index in [0.717, 1.165) is 12.8 Å². The van der Waals surface area contributed by atoms with Gasteiger partial charge in [0.1, 0.15) is 0 Å². The van der Waals surface area contributed by atoms with E-state index < -0.39 is 0 Å². The molecule has 0 spiro atoms. The number of carbonyl (C=O) groups is 2. The van der Waals surface area contributed by atoms with Gasteiger partial charge in [-0.05, 0) is 19.8 Å². The lowest BCUT2D eigenvalue weighted by Crippen LogP contribution is -2.29. The van der Waals surface area contributed by atoms with E-state index >= 15 is 0 Å². The summed E-state index contributed by atoms with van der Waals surface area (Å²) in [4.78, 5) is 22.1. The van der Waals surface area contributed by atoms with Crippen molar-refractivity contribution < 1.29 is 9.59 Å². The SMILES string of the molecule is C=C(C)C(=O)NCCCNC(=O)CCC. The Morgan fingerprint density at radius 1 is 1.20 bits per heavy atom. The Morgan fingerprint density at radius 2 is 1.80 bits per heavy atom. The lowest BCUT2D eigenvalue weighted by atomic mass is 10.3. The van der Waals surface area contributed by atoms with Crippen molar-refractivity contribution in [3.8, 4) is 0 Å². The first-order valence-corrected chi connectivity index (χ1v) is 5.28. The Labute approximate surface area is 91.1 Å². The minimum atomic E-state index is -0.130. The van der Waals surface area contributed by atoms with Crippen LogP contribution in [-0.4, -0.2) is 24.9 Å². The Bertz CT molecular complexity index is 237. The predicted octanol–water partition coefficient (Wildman–Crippen LogP) is 0.985. The molecule has 0 aliphatic rings. The highest BCUT2D eigenvalue weighted by atomic mass is 16.2. The van der Waals surface area contributed by atoms with E-state index in [-0.39, 0.29) is 11.8 Å². The van der Waals surface area contributed by atoms with Crippen molar-refractivity contribution >= 4 is 11.8 Å². The molecular formula is C11H20N2O2. The maximum absolute atomic E-state index is 11.0. The Balaban J connectivity index is 3.36. The molecule has 0 aliphatic heterocycles. The summed E-state index contributed by atoms with van der Waals surface area (Å²) < 4.78 is 0. The molecule has 0 saturated carbocycles. The van der Waals surface area contributed by atoms with Crippen molar-refractivity contribution in [2.45, 2.75) is 33.1 Å². The number of rotatable bonds is 7. The lowest BCUT2D eigenvalue weighted by molar-refractivity contribution is -0.121. The molecule has 0 heterocycles. The van der Waals surface area contributed by atoms with Crippen molar-refractivity contribution in [3.05, 3.63) is 12.2 Å². The largest absolute Gasteiger partial charge is 0.356 e. The topological polar surface area (TPSA) is 58.2 Å². The zero-order valence-corrected chi connectivity index (χ0v) is 9.56. The standard InChI is InChI=1S/C11H20N2O2/c1-4-6-10(14)12-7-5-8-13-11(15)9(2)3/h2,4-8H2,1,3H3,(H,12,14)(H,13,15). The predicted molar refractivity (Wildman–Crippen MR) is 60.4 cm³/mol. The molecule has 2 N–H and O–H groups in total. The van der Waals surface area contributed by atoms with Crippen molar-refractivity contribution in [1.82, 2.24) is 10.6 Å². The van der Waals surface area contributed by atoms with Crippen LogP contribution >= 0.6 is 0 Å². The van der Waals surface area contributed by atoms with Crippen LogP contribution in [0.1, 0.15) is 33.1 Å². The number of nitrogens with one attached hydrogen (secondary N) is 2. The second-order valence-electron chi connectivity index (χ2n) is 3.49. The summed E-state index contributed by atoms with van der Waals surface area (Å²) in [6, 6.07) is 0. The molecular weight excluding hydrogens is 192 g/mol. The van der Waals surface area contributed by atoms with Gasteiger partial charge in [-0.15, -0.1) is 0 Å². The van der Waals surface area contributed by atoms with Crippen LogP contribution in [0.2, 0.25) is 0 Å². The van der Waals surface area contributed by atoms with Gasteiger partial charge in [0.15, 0.2) is 0 Å². The van der Waals surface area contributed by atoms with Gasteiger partial charge in [-0.3, -0.25) is 9.59 Å². The van der Waals surface area contributed by atoms with Gasteiger partial charge in [0.25, 0.3) is 0 Å². The van der Waals surface area contributed by atoms with Crippen LogP contribution in [0.25, 0.3) is 0 Å². The summed E-state index contributed by atoms with van der Waals surface area (Å²) in [6.45, 7) is 8.33. The molecule has 86 valence electrons. The molecule has 2 amide bonds. The molecule has 4 heteroatoms. The smallest absolute Gasteiger partial charge is 0.246 e. The molecule has 4 nitrogen and oxygen atoms in total. The minimum absolute atomic E-state index is 0.0729. The highest BCUT2D eigenvalue weighted by molar-refractivity contribution is 5.92. The van der Waals surface area contributed by atoms with Crippen LogP contribution in [0.3, 0.4) is 0 Å². The first kappa shape index (κ1) is 13.7. The fourth-order valence-corrected chi connectivity index (χ4v) is 0.984. The molecule has 0 aromatic carbocycles. The first-order valence-electron chi connectivity index (χ1n) is 5.28. The van der Waals surface area contributed by atoms with E-state index in [0.29, 0.717) is 25.1 Å². The van der Waals surface area contributed by atoms with Crippen LogP contribution in [0.15, 0.2) is 12.2 Å². The fraction of sp³-hybridized carbons (Fsp3) is 0.636. The first-order chi connectivity index (χ1) is 7.07. The zero-order chi connectivity index (χ0) is 11.7. The number of carbonyl (C=O) groups excluding carboxylic acids is 2. The highest BCUT2D eigenvalue weighted by Crippen LogP contribution is 1.87. The van der Waals surface area contributed by atoms with Gasteiger partial charge < -0.3 is 10.6 Å². The molecule has 15 heavy (non-hydrogen) atoms. The molecule has 0 aromatic heterocycles. The van der Waals surface area contributed by atoms with Crippen LogP contribution in [0, 0.1) is 0 Å². The van der Waals surface area contributed by atoms with Crippen LogP contribution < -0.4 is 10.6 Å². The normalized spacial score (nSPS) is 9.47. The Kier molecular flexibility index (Phi) is 7.32. The van der Waals surface area contributed by atoms with Crippen LogP contribution in [0.5, 0.6) is 0 Å². The second-order valence-corrected chi connectivity index (χ2v) is 3.49. The van der Waals surface area contributed by atoms with Gasteiger partial charge in [-0.2, -0.15) is 0 Å². The fourth-order valence-electron chi connectivity index (χ4n) is 0.984. The lowest BCUT2D eigenvalue weighted by Gasteiger charge is -2.05. The van der Waals surface area contributed by atoms with E-state index in [1.54, 1.807) is 6.92 Å². The summed E-state index contributed by atoms with van der Waals surface area (Å²) in [6.07, 6.45) is 2.17. The average Bonchev–Trinajstić information content (AvgIpc) is 2.17. The quantitative estimate of drug-likeness (QED) is 0.488. The van der Waals surface area contributed by atoms with Crippen molar-refractivity contribution in [3.63, 3.8) is 0 Å². The van der Waals surface area contributed by atoms with Crippen LogP contribution in [0.4, 0.5) is 0 Å². The summed E-state index contributed by atoms with van der Waals surface area (Å²) in [5.41, 5.74) is 0.505. The highest BCUT2D eigenvalue weighted by Gasteiger charge is 2.00. The van der Waals surface area contributed by atoms with Crippen molar-refractivity contribution in [2.24, 2.45) is 0 Å². The number of amides is 2. The van der Waals surface area contributed by atoms with Gasteiger partial charge in [0.05, 0.1) is 0 Å².